The van der Waals surface area contributed by atoms with Crippen LogP contribution in [0, 0.1) is 13.8 Å². The van der Waals surface area contributed by atoms with Crippen LogP contribution < -0.4 is 10.1 Å². The van der Waals surface area contributed by atoms with Gasteiger partial charge in [0, 0.05) is 19.7 Å². The second kappa shape index (κ2) is 7.04. The molecule has 2 rings (SSSR count). The SMILES string of the molecule is CCNc1cc(Oc2cccc(C)c2C)nc(COC)n1. The molecule has 0 bridgehead atoms. The van der Waals surface area contributed by atoms with Crippen LogP contribution in [-0.2, 0) is 11.3 Å². The molecule has 1 aromatic carbocycles. The number of hydrogen-bond acceptors (Lipinski definition) is 5. The first-order chi connectivity index (χ1) is 10.1. The van der Waals surface area contributed by atoms with Crippen molar-refractivity contribution in [3.63, 3.8) is 0 Å². The Morgan fingerprint density at radius 3 is 2.71 bits per heavy atom. The third-order valence-corrected chi connectivity index (χ3v) is 3.15. The smallest absolute Gasteiger partial charge is 0.224 e. The van der Waals surface area contributed by atoms with Gasteiger partial charge in [-0.2, -0.15) is 4.98 Å². The largest absolute Gasteiger partial charge is 0.439 e. The third-order valence-electron chi connectivity index (χ3n) is 3.15. The highest BCUT2D eigenvalue weighted by Gasteiger charge is 2.08. The minimum atomic E-state index is 0.350. The van der Waals surface area contributed by atoms with Crippen molar-refractivity contribution in [2.45, 2.75) is 27.4 Å². The zero-order valence-corrected chi connectivity index (χ0v) is 12.9. The molecule has 0 aliphatic heterocycles. The minimum absolute atomic E-state index is 0.350. The fourth-order valence-corrected chi connectivity index (χ4v) is 1.94. The van der Waals surface area contributed by atoms with Gasteiger partial charge in [0.1, 0.15) is 18.2 Å². The second-order valence-electron chi connectivity index (χ2n) is 4.77. The van der Waals surface area contributed by atoms with Crippen LogP contribution in [0.5, 0.6) is 11.6 Å². The summed E-state index contributed by atoms with van der Waals surface area (Å²) in [6.45, 7) is 7.24. The van der Waals surface area contributed by atoms with Crippen molar-refractivity contribution in [2.24, 2.45) is 0 Å². The number of methoxy groups -OCH3 is 1. The highest BCUT2D eigenvalue weighted by atomic mass is 16.5. The molecule has 0 spiro atoms. The van der Waals surface area contributed by atoms with Gasteiger partial charge in [0.2, 0.25) is 5.88 Å². The lowest BCUT2D eigenvalue weighted by molar-refractivity contribution is 0.177. The number of nitrogens with one attached hydrogen (secondary N) is 1. The Morgan fingerprint density at radius 2 is 2.00 bits per heavy atom. The molecule has 1 N–H and O–H groups in total. The van der Waals surface area contributed by atoms with Crippen LogP contribution in [-0.4, -0.2) is 23.6 Å². The van der Waals surface area contributed by atoms with Crippen LogP contribution in [0.15, 0.2) is 24.3 Å². The summed E-state index contributed by atoms with van der Waals surface area (Å²) in [5.41, 5.74) is 2.29. The lowest BCUT2D eigenvalue weighted by Gasteiger charge is -2.12. The maximum Gasteiger partial charge on any atom is 0.224 e. The van der Waals surface area contributed by atoms with Gasteiger partial charge in [-0.15, -0.1) is 0 Å². The topological polar surface area (TPSA) is 56.3 Å². The molecule has 21 heavy (non-hydrogen) atoms. The summed E-state index contributed by atoms with van der Waals surface area (Å²) in [6.07, 6.45) is 0. The van der Waals surface area contributed by atoms with E-state index in [2.05, 4.69) is 28.3 Å². The Hall–Kier alpha value is -2.14. The predicted molar refractivity (Wildman–Crippen MR) is 82.9 cm³/mol. The zero-order valence-electron chi connectivity index (χ0n) is 12.9. The molecule has 0 unspecified atom stereocenters. The van der Waals surface area contributed by atoms with E-state index in [1.54, 1.807) is 13.2 Å². The molecule has 0 saturated heterocycles. The molecule has 0 radical (unpaired) electrons. The van der Waals surface area contributed by atoms with E-state index in [-0.39, 0.29) is 0 Å². The number of benzene rings is 1. The van der Waals surface area contributed by atoms with Crippen molar-refractivity contribution in [1.82, 2.24) is 9.97 Å². The molecule has 0 aliphatic carbocycles. The van der Waals surface area contributed by atoms with Gasteiger partial charge in [-0.05, 0) is 38.0 Å². The van der Waals surface area contributed by atoms with Crippen LogP contribution in [0.1, 0.15) is 23.9 Å². The average molecular weight is 287 g/mol. The molecule has 0 fully saturated rings. The van der Waals surface area contributed by atoms with E-state index >= 15 is 0 Å². The summed E-state index contributed by atoms with van der Waals surface area (Å²) in [5.74, 6) is 2.65. The molecule has 0 saturated carbocycles. The van der Waals surface area contributed by atoms with Crippen molar-refractivity contribution >= 4 is 5.82 Å². The maximum absolute atomic E-state index is 5.92. The number of anilines is 1. The van der Waals surface area contributed by atoms with Crippen LogP contribution in [0.4, 0.5) is 5.82 Å². The fraction of sp³-hybridized carbons (Fsp3) is 0.375. The number of ether oxygens (including phenoxy) is 2. The molecule has 5 heteroatoms. The molecule has 2 aromatic rings. The molecule has 112 valence electrons. The predicted octanol–water partition coefficient (Wildman–Crippen LogP) is 3.46. The van der Waals surface area contributed by atoms with E-state index in [1.165, 1.54) is 5.56 Å². The van der Waals surface area contributed by atoms with Gasteiger partial charge in [0.25, 0.3) is 0 Å². The molecule has 0 atom stereocenters. The molecule has 1 aromatic heterocycles. The second-order valence-corrected chi connectivity index (χ2v) is 4.77. The number of hydrogen-bond donors (Lipinski definition) is 1. The Morgan fingerprint density at radius 1 is 1.19 bits per heavy atom. The van der Waals surface area contributed by atoms with Crippen LogP contribution in [0.25, 0.3) is 0 Å². The summed E-state index contributed by atoms with van der Waals surface area (Å²) in [7, 11) is 1.62. The van der Waals surface area contributed by atoms with E-state index in [0.717, 1.165) is 23.7 Å². The molecular weight excluding hydrogens is 266 g/mol. The normalized spacial score (nSPS) is 10.5. The lowest BCUT2D eigenvalue weighted by Crippen LogP contribution is -2.05. The van der Waals surface area contributed by atoms with Gasteiger partial charge < -0.3 is 14.8 Å². The maximum atomic E-state index is 5.92. The number of rotatable bonds is 6. The van der Waals surface area contributed by atoms with Gasteiger partial charge in [-0.1, -0.05) is 12.1 Å². The summed E-state index contributed by atoms with van der Waals surface area (Å²) >= 11 is 0. The molecular formula is C16H21N3O2. The highest BCUT2D eigenvalue weighted by molar-refractivity contribution is 5.43. The van der Waals surface area contributed by atoms with Gasteiger partial charge in [0.05, 0.1) is 0 Å². The van der Waals surface area contributed by atoms with E-state index in [9.17, 15) is 0 Å². The van der Waals surface area contributed by atoms with Crippen LogP contribution >= 0.6 is 0 Å². The van der Waals surface area contributed by atoms with Crippen LogP contribution in [0.2, 0.25) is 0 Å². The van der Waals surface area contributed by atoms with Crippen molar-refractivity contribution in [3.05, 3.63) is 41.2 Å². The van der Waals surface area contributed by atoms with Crippen LogP contribution in [0.3, 0.4) is 0 Å². The van der Waals surface area contributed by atoms with E-state index < -0.39 is 0 Å². The van der Waals surface area contributed by atoms with Gasteiger partial charge in [-0.3, -0.25) is 0 Å². The zero-order chi connectivity index (χ0) is 15.2. The number of aromatic nitrogens is 2. The fourth-order valence-electron chi connectivity index (χ4n) is 1.94. The Bertz CT molecular complexity index is 590. The van der Waals surface area contributed by atoms with Gasteiger partial charge >= 0.3 is 0 Å². The van der Waals surface area contributed by atoms with Crippen molar-refractivity contribution in [3.8, 4) is 11.6 Å². The monoisotopic (exact) mass is 287 g/mol. The van der Waals surface area contributed by atoms with Crippen molar-refractivity contribution < 1.29 is 9.47 Å². The van der Waals surface area contributed by atoms with E-state index in [4.69, 9.17) is 9.47 Å². The Labute approximate surface area is 125 Å². The first-order valence-corrected chi connectivity index (χ1v) is 6.99. The van der Waals surface area contributed by atoms with E-state index in [1.807, 2.05) is 26.0 Å². The third kappa shape index (κ3) is 3.92. The first kappa shape index (κ1) is 15.3. The number of aryl methyl sites for hydroxylation is 1. The molecule has 0 aliphatic rings. The highest BCUT2D eigenvalue weighted by Crippen LogP contribution is 2.26. The summed E-state index contributed by atoms with van der Waals surface area (Å²) in [6, 6.07) is 7.76. The Kier molecular flexibility index (Phi) is 5.11. The lowest BCUT2D eigenvalue weighted by atomic mass is 10.1. The number of nitrogens with zero attached hydrogens (tertiary/aromatic N) is 2. The molecule has 1 heterocycles. The average Bonchev–Trinajstić information content (AvgIpc) is 2.44. The molecule has 0 amide bonds. The van der Waals surface area contributed by atoms with Crippen molar-refractivity contribution in [2.75, 3.05) is 19.0 Å². The van der Waals surface area contributed by atoms with Gasteiger partial charge in [-0.25, -0.2) is 4.98 Å². The van der Waals surface area contributed by atoms with Crippen molar-refractivity contribution in [1.29, 1.82) is 0 Å². The summed E-state index contributed by atoms with van der Waals surface area (Å²) in [4.78, 5) is 8.74. The quantitative estimate of drug-likeness (QED) is 0.881. The van der Waals surface area contributed by atoms with Gasteiger partial charge in [0.15, 0.2) is 5.82 Å². The first-order valence-electron chi connectivity index (χ1n) is 6.99. The molecule has 5 nitrogen and oxygen atoms in total. The minimum Gasteiger partial charge on any atom is -0.439 e. The summed E-state index contributed by atoms with van der Waals surface area (Å²) < 4.78 is 11.0. The Balaban J connectivity index is 2.31. The standard InChI is InChI=1S/C16H21N3O2/c1-5-17-14-9-16(19-15(18-14)10-20-4)21-13-8-6-7-11(2)12(13)3/h6-9H,5,10H2,1-4H3,(H,17,18,19). The van der Waals surface area contributed by atoms with E-state index in [0.29, 0.717) is 18.3 Å². The summed E-state index contributed by atoms with van der Waals surface area (Å²) in [5, 5.41) is 3.17.